The van der Waals surface area contributed by atoms with Gasteiger partial charge in [0.25, 0.3) is 0 Å². The predicted octanol–water partition coefficient (Wildman–Crippen LogP) is 2.33. The minimum atomic E-state index is -4.00. The van der Waals surface area contributed by atoms with Gasteiger partial charge in [-0.05, 0) is 18.2 Å². The summed E-state index contributed by atoms with van der Waals surface area (Å²) in [5, 5.41) is 0. The van der Waals surface area contributed by atoms with Gasteiger partial charge in [-0.1, -0.05) is 12.1 Å². The smallest absolute Gasteiger partial charge is 0.240 e. The van der Waals surface area contributed by atoms with E-state index in [1.807, 2.05) is 0 Å². The van der Waals surface area contributed by atoms with Gasteiger partial charge in [0.2, 0.25) is 15.9 Å². The average Bonchev–Trinajstić information content (AvgIpc) is 2.50. The van der Waals surface area contributed by atoms with Gasteiger partial charge in [0.15, 0.2) is 0 Å². The monoisotopic (exact) mass is 328 g/mol. The van der Waals surface area contributed by atoms with E-state index in [9.17, 15) is 17.2 Å². The van der Waals surface area contributed by atoms with Crippen LogP contribution in [0.2, 0.25) is 0 Å². The maximum atomic E-state index is 13.6. The van der Waals surface area contributed by atoms with Crippen LogP contribution in [0, 0.1) is 11.6 Å². The maximum absolute atomic E-state index is 13.6. The number of sulfonamides is 1. The Morgan fingerprint density at radius 2 is 1.73 bits per heavy atom. The SMILES string of the molecule is COc1cccc(N(C)S(=O)(=O)Cc2c(F)cccc2F)n1. The molecule has 0 bridgehead atoms. The highest BCUT2D eigenvalue weighted by Gasteiger charge is 2.24. The molecule has 0 aliphatic heterocycles. The molecule has 5 nitrogen and oxygen atoms in total. The fraction of sp³-hybridized carbons (Fsp3) is 0.214. The molecule has 1 heterocycles. The van der Waals surface area contributed by atoms with E-state index in [4.69, 9.17) is 4.74 Å². The van der Waals surface area contributed by atoms with Gasteiger partial charge in [-0.3, -0.25) is 4.31 Å². The molecule has 0 saturated carbocycles. The molecule has 0 aliphatic carbocycles. The molecule has 0 amide bonds. The summed E-state index contributed by atoms with van der Waals surface area (Å²) < 4.78 is 57.6. The Morgan fingerprint density at radius 1 is 1.14 bits per heavy atom. The summed E-state index contributed by atoms with van der Waals surface area (Å²) >= 11 is 0. The van der Waals surface area contributed by atoms with E-state index in [-0.39, 0.29) is 11.7 Å². The van der Waals surface area contributed by atoms with Crippen molar-refractivity contribution in [3.8, 4) is 5.88 Å². The van der Waals surface area contributed by atoms with Crippen molar-refractivity contribution in [3.05, 3.63) is 53.6 Å². The van der Waals surface area contributed by atoms with Crippen LogP contribution in [0.15, 0.2) is 36.4 Å². The van der Waals surface area contributed by atoms with Crippen LogP contribution >= 0.6 is 0 Å². The first-order valence-corrected chi connectivity index (χ1v) is 7.86. The Balaban J connectivity index is 2.33. The number of rotatable bonds is 5. The zero-order valence-corrected chi connectivity index (χ0v) is 12.8. The number of benzene rings is 1. The van der Waals surface area contributed by atoms with E-state index in [1.54, 1.807) is 12.1 Å². The molecule has 0 saturated heterocycles. The van der Waals surface area contributed by atoms with Crippen molar-refractivity contribution in [2.24, 2.45) is 0 Å². The van der Waals surface area contributed by atoms with Crippen LogP contribution in [0.1, 0.15) is 5.56 Å². The third kappa shape index (κ3) is 3.33. The number of halogens is 2. The van der Waals surface area contributed by atoms with Crippen molar-refractivity contribution < 1.29 is 21.9 Å². The Hall–Kier alpha value is -2.22. The molecule has 118 valence electrons. The molecule has 1 aromatic heterocycles. The summed E-state index contributed by atoms with van der Waals surface area (Å²) in [5.41, 5.74) is -0.503. The van der Waals surface area contributed by atoms with E-state index >= 15 is 0 Å². The van der Waals surface area contributed by atoms with Gasteiger partial charge in [-0.2, -0.15) is 4.98 Å². The lowest BCUT2D eigenvalue weighted by Crippen LogP contribution is -2.29. The van der Waals surface area contributed by atoms with Crippen LogP contribution in [-0.2, 0) is 15.8 Å². The van der Waals surface area contributed by atoms with Gasteiger partial charge in [0.1, 0.15) is 23.2 Å². The minimum Gasteiger partial charge on any atom is -0.481 e. The zero-order chi connectivity index (χ0) is 16.3. The quantitative estimate of drug-likeness (QED) is 0.845. The molecule has 0 unspecified atom stereocenters. The molecule has 2 rings (SSSR count). The largest absolute Gasteiger partial charge is 0.481 e. The summed E-state index contributed by atoms with van der Waals surface area (Å²) in [6, 6.07) is 7.78. The van der Waals surface area contributed by atoms with Crippen molar-refractivity contribution in [1.29, 1.82) is 0 Å². The first kappa shape index (κ1) is 16.2. The van der Waals surface area contributed by atoms with E-state index in [2.05, 4.69) is 4.98 Å². The lowest BCUT2D eigenvalue weighted by Gasteiger charge is -2.19. The molecule has 0 spiro atoms. The molecule has 2 aromatic rings. The van der Waals surface area contributed by atoms with Gasteiger partial charge in [0.05, 0.1) is 7.11 Å². The predicted molar refractivity (Wildman–Crippen MR) is 78.2 cm³/mol. The number of methoxy groups -OCH3 is 1. The fourth-order valence-electron chi connectivity index (χ4n) is 1.78. The summed E-state index contributed by atoms with van der Waals surface area (Å²) in [6.07, 6.45) is 0. The molecule has 1 aromatic carbocycles. The zero-order valence-electron chi connectivity index (χ0n) is 12.0. The summed E-state index contributed by atoms with van der Waals surface area (Å²) in [6.45, 7) is 0. The second-order valence-electron chi connectivity index (χ2n) is 4.46. The summed E-state index contributed by atoms with van der Waals surface area (Å²) in [7, 11) is -1.34. The highest BCUT2D eigenvalue weighted by molar-refractivity contribution is 7.92. The van der Waals surface area contributed by atoms with Crippen molar-refractivity contribution in [2.75, 3.05) is 18.5 Å². The van der Waals surface area contributed by atoms with E-state index in [1.165, 1.54) is 26.3 Å². The minimum absolute atomic E-state index is 0.0936. The van der Waals surface area contributed by atoms with Crippen LogP contribution < -0.4 is 9.04 Å². The highest BCUT2D eigenvalue weighted by atomic mass is 32.2. The Bertz CT molecular complexity index is 761. The molecule has 0 fully saturated rings. The number of ether oxygens (including phenoxy) is 1. The second-order valence-corrected chi connectivity index (χ2v) is 6.46. The Kier molecular flexibility index (Phi) is 4.60. The van der Waals surface area contributed by atoms with E-state index in [0.717, 1.165) is 16.4 Å². The molecule has 0 aliphatic rings. The number of pyridine rings is 1. The van der Waals surface area contributed by atoms with E-state index < -0.39 is 33.0 Å². The van der Waals surface area contributed by atoms with Gasteiger partial charge >= 0.3 is 0 Å². The fourth-order valence-corrected chi connectivity index (χ4v) is 3.01. The van der Waals surface area contributed by atoms with Crippen LogP contribution in [0.4, 0.5) is 14.6 Å². The standard InChI is InChI=1S/C14H14F2N2O3S/c1-18(13-7-4-8-14(17-13)21-2)22(19,20)9-10-11(15)5-3-6-12(10)16/h3-8H,9H2,1-2H3. The number of anilines is 1. The topological polar surface area (TPSA) is 59.5 Å². The molecule has 0 atom stereocenters. The second kappa shape index (κ2) is 6.27. The number of hydrogen-bond donors (Lipinski definition) is 0. The number of nitrogens with zero attached hydrogens (tertiary/aromatic N) is 2. The summed E-state index contributed by atoms with van der Waals surface area (Å²) in [5.74, 6) is -2.29. The molecule has 22 heavy (non-hydrogen) atoms. The van der Waals surface area contributed by atoms with Crippen molar-refractivity contribution in [3.63, 3.8) is 0 Å². The molecule has 8 heteroatoms. The lowest BCUT2D eigenvalue weighted by molar-refractivity contribution is 0.398. The Labute approximate surface area is 127 Å². The molecular formula is C14H14F2N2O3S. The highest BCUT2D eigenvalue weighted by Crippen LogP contribution is 2.21. The number of aromatic nitrogens is 1. The first-order chi connectivity index (χ1) is 10.3. The molecular weight excluding hydrogens is 314 g/mol. The van der Waals surface area contributed by atoms with Crippen molar-refractivity contribution >= 4 is 15.8 Å². The normalized spacial score (nSPS) is 11.3. The maximum Gasteiger partial charge on any atom is 0.240 e. The van der Waals surface area contributed by atoms with Gasteiger partial charge in [-0.15, -0.1) is 0 Å². The van der Waals surface area contributed by atoms with Crippen molar-refractivity contribution in [1.82, 2.24) is 4.98 Å². The van der Waals surface area contributed by atoms with Crippen LogP contribution in [0.3, 0.4) is 0 Å². The molecule has 0 N–H and O–H groups in total. The van der Waals surface area contributed by atoms with Crippen LogP contribution in [0.5, 0.6) is 5.88 Å². The number of hydrogen-bond acceptors (Lipinski definition) is 4. The molecule has 0 radical (unpaired) electrons. The summed E-state index contributed by atoms with van der Waals surface area (Å²) in [4.78, 5) is 3.98. The van der Waals surface area contributed by atoms with Gasteiger partial charge < -0.3 is 4.74 Å². The third-order valence-electron chi connectivity index (χ3n) is 3.05. The first-order valence-electron chi connectivity index (χ1n) is 6.25. The van der Waals surface area contributed by atoms with Gasteiger partial charge in [0, 0.05) is 18.7 Å². The van der Waals surface area contributed by atoms with Crippen LogP contribution in [-0.4, -0.2) is 27.6 Å². The van der Waals surface area contributed by atoms with E-state index in [0.29, 0.717) is 0 Å². The third-order valence-corrected chi connectivity index (χ3v) is 4.72. The average molecular weight is 328 g/mol. The lowest BCUT2D eigenvalue weighted by atomic mass is 10.2. The van der Waals surface area contributed by atoms with Crippen molar-refractivity contribution in [2.45, 2.75) is 5.75 Å². The van der Waals surface area contributed by atoms with Gasteiger partial charge in [-0.25, -0.2) is 17.2 Å². The van der Waals surface area contributed by atoms with Crippen LogP contribution in [0.25, 0.3) is 0 Å². The Morgan fingerprint density at radius 3 is 2.32 bits per heavy atom.